The predicted octanol–water partition coefficient (Wildman–Crippen LogP) is 2.56. The largest absolute Gasteiger partial charge is 0.461 e. The van der Waals surface area contributed by atoms with E-state index in [1.54, 1.807) is 48.5 Å². The molecule has 1 aliphatic rings. The topological polar surface area (TPSA) is 157 Å². The molecule has 1 heterocycles. The van der Waals surface area contributed by atoms with E-state index in [2.05, 4.69) is 10.6 Å². The summed E-state index contributed by atoms with van der Waals surface area (Å²) in [7, 11) is 0. The molecule has 1 aliphatic heterocycles. The maximum absolute atomic E-state index is 12.9. The number of carbonyl (C=O) groups is 6. The van der Waals surface area contributed by atoms with Crippen molar-refractivity contribution in [2.45, 2.75) is 45.1 Å². The van der Waals surface area contributed by atoms with Gasteiger partial charge in [0.05, 0.1) is 24.3 Å². The van der Waals surface area contributed by atoms with Gasteiger partial charge in [0.15, 0.2) is 0 Å². The van der Waals surface area contributed by atoms with Crippen LogP contribution in [0.25, 0.3) is 0 Å². The van der Waals surface area contributed by atoms with Crippen LogP contribution >= 0.6 is 0 Å². The number of nitrogens with zero attached hydrogens (tertiary/aromatic N) is 1. The Kier molecular flexibility index (Phi) is 12.1. The molecule has 0 fully saturated rings. The number of hydrogen-bond donors (Lipinski definition) is 2. The lowest BCUT2D eigenvalue weighted by Crippen LogP contribution is -2.51. The zero-order valence-corrected chi connectivity index (χ0v) is 25.3. The van der Waals surface area contributed by atoms with Crippen LogP contribution in [0.15, 0.2) is 84.9 Å². The Morgan fingerprint density at radius 2 is 1.28 bits per heavy atom. The molecule has 0 saturated carbocycles. The molecular weight excluding hydrogens is 594 g/mol. The Labute approximate surface area is 266 Å². The Morgan fingerprint density at radius 1 is 0.739 bits per heavy atom. The van der Waals surface area contributed by atoms with Gasteiger partial charge in [0.25, 0.3) is 11.8 Å². The maximum atomic E-state index is 12.9. The van der Waals surface area contributed by atoms with Gasteiger partial charge < -0.3 is 24.8 Å². The minimum absolute atomic E-state index is 0.0329. The van der Waals surface area contributed by atoms with Gasteiger partial charge in [-0.1, -0.05) is 72.8 Å². The minimum atomic E-state index is -1.18. The number of ether oxygens (including phenoxy) is 3. The summed E-state index contributed by atoms with van der Waals surface area (Å²) in [6, 6.07) is 22.3. The number of amides is 4. The van der Waals surface area contributed by atoms with Gasteiger partial charge in [-0.25, -0.2) is 4.79 Å². The first-order valence-corrected chi connectivity index (χ1v) is 14.8. The van der Waals surface area contributed by atoms with Crippen LogP contribution in [0, 0.1) is 0 Å². The van der Waals surface area contributed by atoms with Crippen LogP contribution in [0.3, 0.4) is 0 Å². The van der Waals surface area contributed by atoms with E-state index in [1.165, 1.54) is 6.92 Å². The fourth-order valence-corrected chi connectivity index (χ4v) is 4.56. The van der Waals surface area contributed by atoms with E-state index in [9.17, 15) is 28.8 Å². The van der Waals surface area contributed by atoms with E-state index in [0.717, 1.165) is 16.0 Å². The van der Waals surface area contributed by atoms with E-state index >= 15 is 0 Å². The van der Waals surface area contributed by atoms with Crippen LogP contribution in [-0.2, 0) is 46.6 Å². The molecule has 0 aromatic heterocycles. The molecular formula is C34H35N3O9. The van der Waals surface area contributed by atoms with Gasteiger partial charge in [-0.05, 0) is 36.6 Å². The summed E-state index contributed by atoms with van der Waals surface area (Å²) in [5.74, 6) is -3.47. The number of hydrogen-bond acceptors (Lipinski definition) is 9. The molecule has 0 saturated heterocycles. The number of esters is 2. The lowest BCUT2D eigenvalue weighted by molar-refractivity contribution is -0.150. The molecule has 4 amide bonds. The highest BCUT2D eigenvalue weighted by Gasteiger charge is 2.34. The second-order valence-electron chi connectivity index (χ2n) is 10.5. The highest BCUT2D eigenvalue weighted by atomic mass is 16.5. The number of fused-ring (bicyclic) bond motifs is 1. The van der Waals surface area contributed by atoms with Gasteiger partial charge in [0.1, 0.15) is 31.9 Å². The molecule has 3 aromatic carbocycles. The maximum Gasteiger partial charge on any atom is 0.328 e. The van der Waals surface area contributed by atoms with Crippen LogP contribution in [-0.4, -0.2) is 72.3 Å². The first kappa shape index (κ1) is 33.5. The SMILES string of the molecule is C[C@H](NC(=O)COCCN1C(=O)c2ccccc2C1=O)C(=O)N[C@H](CCC(=O)OCc1ccccc1)C(=O)OCc1ccccc1. The first-order chi connectivity index (χ1) is 22.2. The first-order valence-electron chi connectivity index (χ1n) is 14.8. The lowest BCUT2D eigenvalue weighted by Gasteiger charge is -2.21. The third-order valence-corrected chi connectivity index (χ3v) is 7.05. The summed E-state index contributed by atoms with van der Waals surface area (Å²) < 4.78 is 16.0. The van der Waals surface area contributed by atoms with E-state index in [1.807, 2.05) is 36.4 Å². The third-order valence-electron chi connectivity index (χ3n) is 7.05. The van der Waals surface area contributed by atoms with Gasteiger partial charge >= 0.3 is 11.9 Å². The van der Waals surface area contributed by atoms with E-state index < -0.39 is 54.3 Å². The fourth-order valence-electron chi connectivity index (χ4n) is 4.56. The van der Waals surface area contributed by atoms with Crippen molar-refractivity contribution in [2.24, 2.45) is 0 Å². The molecule has 46 heavy (non-hydrogen) atoms. The molecule has 0 unspecified atom stereocenters. The molecule has 240 valence electrons. The fraction of sp³-hybridized carbons (Fsp3) is 0.294. The van der Waals surface area contributed by atoms with Crippen molar-refractivity contribution in [1.29, 1.82) is 0 Å². The van der Waals surface area contributed by atoms with Crippen LogP contribution in [0.5, 0.6) is 0 Å². The Morgan fingerprint density at radius 3 is 1.87 bits per heavy atom. The second-order valence-corrected chi connectivity index (χ2v) is 10.5. The van der Waals surface area contributed by atoms with Crippen molar-refractivity contribution >= 4 is 35.6 Å². The van der Waals surface area contributed by atoms with Crippen LogP contribution in [0.1, 0.15) is 51.6 Å². The monoisotopic (exact) mass is 629 g/mol. The van der Waals surface area contributed by atoms with E-state index in [0.29, 0.717) is 11.1 Å². The number of benzene rings is 3. The Hall–Kier alpha value is -5.36. The van der Waals surface area contributed by atoms with Crippen LogP contribution in [0.2, 0.25) is 0 Å². The van der Waals surface area contributed by atoms with Gasteiger partial charge in [-0.3, -0.25) is 28.9 Å². The zero-order valence-electron chi connectivity index (χ0n) is 25.3. The molecule has 12 nitrogen and oxygen atoms in total. The number of nitrogens with one attached hydrogen (secondary N) is 2. The van der Waals surface area contributed by atoms with Crippen molar-refractivity contribution in [3.63, 3.8) is 0 Å². The standard InChI is InChI=1S/C34H35N3O9/c1-23(35-29(38)22-44-19-18-37-32(41)26-14-8-9-15-27(26)33(37)42)31(40)36-28(34(43)46-21-25-12-6-3-7-13-25)16-17-30(39)45-20-24-10-4-2-5-11-24/h2-15,23,28H,16-22H2,1H3,(H,35,38)(H,36,40)/t23-,28+/m0/s1. The lowest BCUT2D eigenvalue weighted by atomic mass is 10.1. The summed E-state index contributed by atoms with van der Waals surface area (Å²) >= 11 is 0. The number of imide groups is 1. The zero-order chi connectivity index (χ0) is 32.9. The summed E-state index contributed by atoms with van der Waals surface area (Å²) in [5.41, 5.74) is 2.18. The highest BCUT2D eigenvalue weighted by Crippen LogP contribution is 2.21. The van der Waals surface area contributed by atoms with Crippen LogP contribution < -0.4 is 10.6 Å². The number of rotatable bonds is 16. The Bertz CT molecular complexity index is 1510. The van der Waals surface area contributed by atoms with Crippen molar-refractivity contribution in [3.05, 3.63) is 107 Å². The summed E-state index contributed by atoms with van der Waals surface area (Å²) in [6.07, 6.45) is -0.255. The summed E-state index contributed by atoms with van der Waals surface area (Å²) in [4.78, 5) is 76.6. The molecule has 0 aliphatic carbocycles. The molecule has 0 radical (unpaired) electrons. The van der Waals surface area contributed by atoms with E-state index in [-0.39, 0.29) is 39.2 Å². The average molecular weight is 630 g/mol. The van der Waals surface area contributed by atoms with Crippen molar-refractivity contribution in [2.75, 3.05) is 19.8 Å². The predicted molar refractivity (Wildman–Crippen MR) is 164 cm³/mol. The number of carbonyl (C=O) groups excluding carboxylic acids is 6. The smallest absolute Gasteiger partial charge is 0.328 e. The quantitative estimate of drug-likeness (QED) is 0.138. The molecule has 2 atom stereocenters. The average Bonchev–Trinajstić information content (AvgIpc) is 3.32. The molecule has 12 heteroatoms. The van der Waals surface area contributed by atoms with Gasteiger partial charge in [0.2, 0.25) is 11.8 Å². The van der Waals surface area contributed by atoms with Crippen LogP contribution in [0.4, 0.5) is 0 Å². The minimum Gasteiger partial charge on any atom is -0.461 e. The third kappa shape index (κ3) is 9.57. The van der Waals surface area contributed by atoms with Crippen molar-refractivity contribution in [3.8, 4) is 0 Å². The highest BCUT2D eigenvalue weighted by molar-refractivity contribution is 6.21. The summed E-state index contributed by atoms with van der Waals surface area (Å²) in [5, 5.41) is 5.03. The Balaban J connectivity index is 1.23. The van der Waals surface area contributed by atoms with Gasteiger partial charge in [-0.2, -0.15) is 0 Å². The molecule has 0 spiro atoms. The van der Waals surface area contributed by atoms with Crippen molar-refractivity contribution < 1.29 is 43.0 Å². The summed E-state index contributed by atoms with van der Waals surface area (Å²) in [6.45, 7) is 0.891. The molecule has 4 rings (SSSR count). The van der Waals surface area contributed by atoms with Crippen molar-refractivity contribution in [1.82, 2.24) is 15.5 Å². The molecule has 2 N–H and O–H groups in total. The normalized spacial score (nSPS) is 13.4. The second kappa shape index (κ2) is 16.6. The van der Waals surface area contributed by atoms with Gasteiger partial charge in [0, 0.05) is 6.42 Å². The molecule has 3 aromatic rings. The van der Waals surface area contributed by atoms with Gasteiger partial charge in [-0.15, -0.1) is 0 Å². The van der Waals surface area contributed by atoms with E-state index in [4.69, 9.17) is 14.2 Å². The molecule has 0 bridgehead atoms.